The molecule has 0 radical (unpaired) electrons. The number of rotatable bonds is 1. The molecule has 0 aliphatic rings. The summed E-state index contributed by atoms with van der Waals surface area (Å²) >= 11 is 0. The van der Waals surface area contributed by atoms with Gasteiger partial charge in [-0.05, 0) is 27.7 Å². The molecule has 2 rings (SSSR count). The summed E-state index contributed by atoms with van der Waals surface area (Å²) in [6.45, 7) is 8.10. The summed E-state index contributed by atoms with van der Waals surface area (Å²) in [6.07, 6.45) is 1.32. The normalized spacial score (nSPS) is 12.8. The average molecular weight is 284 g/mol. The van der Waals surface area contributed by atoms with Gasteiger partial charge in [0.2, 0.25) is 0 Å². The van der Waals surface area contributed by atoms with Gasteiger partial charge in [0.05, 0.1) is 12.5 Å². The lowest BCUT2D eigenvalue weighted by molar-refractivity contribution is 0.118. The van der Waals surface area contributed by atoms with Crippen molar-refractivity contribution >= 4 is 21.6 Å². The van der Waals surface area contributed by atoms with Crippen LogP contribution in [0.15, 0.2) is 0 Å². The molecule has 19 heavy (non-hydrogen) atoms. The number of ether oxygens (including phenoxy) is 2. The van der Waals surface area contributed by atoms with Gasteiger partial charge in [0.1, 0.15) is 11.9 Å². The topological polar surface area (TPSA) is 65.7 Å². The number of aryl methyl sites for hydroxylation is 2. The second kappa shape index (κ2) is 4.48. The van der Waals surface area contributed by atoms with Crippen molar-refractivity contribution in [3.8, 4) is 5.88 Å². The van der Waals surface area contributed by atoms with Crippen LogP contribution in [0.1, 0.15) is 31.5 Å². The highest BCUT2D eigenvalue weighted by atomic mass is 32.2. The monoisotopic (exact) mass is 284 g/mol. The molecule has 0 aromatic carbocycles. The second-order valence-electron chi connectivity index (χ2n) is 5.32. The maximum absolute atomic E-state index is 11.3. The van der Waals surface area contributed by atoms with E-state index in [9.17, 15) is 4.79 Å². The minimum Gasteiger partial charge on any atom is -0.437 e. The van der Waals surface area contributed by atoms with Crippen molar-refractivity contribution in [2.24, 2.45) is 6.26 Å². The van der Waals surface area contributed by atoms with Crippen LogP contribution in [0, 0.1) is 6.92 Å². The van der Waals surface area contributed by atoms with Crippen molar-refractivity contribution in [3.63, 3.8) is 0 Å². The molecule has 0 spiro atoms. The van der Waals surface area contributed by atoms with Gasteiger partial charge in [-0.2, -0.15) is 4.98 Å². The Bertz CT molecular complexity index is 637. The van der Waals surface area contributed by atoms with Crippen molar-refractivity contribution in [2.45, 2.75) is 33.1 Å². The van der Waals surface area contributed by atoms with Gasteiger partial charge in [-0.25, -0.2) is 4.79 Å². The van der Waals surface area contributed by atoms with Crippen LogP contribution in [0.4, 0.5) is 4.79 Å². The lowest BCUT2D eigenvalue weighted by atomic mass is 9.98. The summed E-state index contributed by atoms with van der Waals surface area (Å²) in [5.74, 6) is 0.334. The molecule has 0 saturated carbocycles. The highest BCUT2D eigenvalue weighted by Gasteiger charge is 2.34. The fourth-order valence-corrected chi connectivity index (χ4v) is 3.80. The van der Waals surface area contributed by atoms with Crippen molar-refractivity contribution in [1.29, 1.82) is 0 Å². The van der Waals surface area contributed by atoms with Crippen molar-refractivity contribution in [1.82, 2.24) is 14.6 Å². The smallest absolute Gasteiger partial charge is 0.437 e. The number of hydrogen-bond donors (Lipinski definition) is 0. The van der Waals surface area contributed by atoms with Crippen LogP contribution in [-0.2, 0) is 16.4 Å². The third-order valence-electron chi connectivity index (χ3n) is 2.69. The standard InChI is InChI=1S/C12H18N3O3S/c1-7-8(18-11(16)17-5)15-10(13-7)19(6)9(14-15)12(2,3)4/h1-6H3/q+1. The summed E-state index contributed by atoms with van der Waals surface area (Å²) in [6, 6.07) is 0. The molecular formula is C12H18N3O3S+. The van der Waals surface area contributed by atoms with E-state index in [1.54, 1.807) is 11.4 Å². The van der Waals surface area contributed by atoms with Crippen LogP contribution >= 0.6 is 10.5 Å². The molecule has 2 heterocycles. The Morgan fingerprint density at radius 1 is 1.37 bits per heavy atom. The van der Waals surface area contributed by atoms with Crippen molar-refractivity contribution < 1.29 is 14.3 Å². The molecule has 0 bridgehead atoms. The SMILES string of the molecule is COC(=O)Oc1c(C)nc2n1nc(C(C)(C)C)[s+]2C. The van der Waals surface area contributed by atoms with Crippen LogP contribution in [0.3, 0.4) is 0 Å². The largest absolute Gasteiger partial charge is 0.514 e. The molecule has 2 aromatic heterocycles. The zero-order valence-electron chi connectivity index (χ0n) is 12.0. The van der Waals surface area contributed by atoms with Crippen molar-refractivity contribution in [3.05, 3.63) is 10.7 Å². The predicted octanol–water partition coefficient (Wildman–Crippen LogP) is 2.77. The first kappa shape index (κ1) is 13.8. The molecule has 0 fully saturated rings. The summed E-state index contributed by atoms with van der Waals surface area (Å²) in [7, 11) is 1.08. The van der Waals surface area contributed by atoms with Gasteiger partial charge >= 0.3 is 11.1 Å². The molecule has 0 aliphatic heterocycles. The number of aromatic nitrogens is 3. The fraction of sp³-hybridized carbons (Fsp3) is 0.583. The molecule has 0 N–H and O–H groups in total. The summed E-state index contributed by atoms with van der Waals surface area (Å²) in [4.78, 5) is 16.5. The van der Waals surface area contributed by atoms with E-state index in [2.05, 4.69) is 41.8 Å². The molecule has 0 saturated heterocycles. The van der Waals surface area contributed by atoms with E-state index in [1.807, 2.05) is 0 Å². The Labute approximate surface area is 114 Å². The number of carbonyl (C=O) groups is 1. The maximum atomic E-state index is 11.3. The first-order valence-electron chi connectivity index (χ1n) is 5.86. The van der Waals surface area contributed by atoms with E-state index >= 15 is 0 Å². The number of imidazole rings is 1. The van der Waals surface area contributed by atoms with Crippen LogP contribution < -0.4 is 4.74 Å². The second-order valence-corrected chi connectivity index (χ2v) is 7.09. The van der Waals surface area contributed by atoms with Gasteiger partial charge in [0.15, 0.2) is 0 Å². The Balaban J connectivity index is 2.60. The summed E-state index contributed by atoms with van der Waals surface area (Å²) < 4.78 is 11.2. The van der Waals surface area contributed by atoms with E-state index in [-0.39, 0.29) is 15.9 Å². The Morgan fingerprint density at radius 3 is 2.53 bits per heavy atom. The number of fused-ring (bicyclic) bond motifs is 1. The molecule has 6 nitrogen and oxygen atoms in total. The zero-order chi connectivity index (χ0) is 14.4. The lowest BCUT2D eigenvalue weighted by Crippen LogP contribution is -2.13. The molecule has 104 valence electrons. The van der Waals surface area contributed by atoms with Crippen molar-refractivity contribution in [2.75, 3.05) is 7.11 Å². The number of nitrogens with zero attached hydrogens (tertiary/aromatic N) is 3. The summed E-state index contributed by atoms with van der Waals surface area (Å²) in [5.41, 5.74) is 0.589. The minimum atomic E-state index is -0.763. The molecule has 2 aromatic rings. The Kier molecular flexibility index (Phi) is 3.25. The molecular weight excluding hydrogens is 266 g/mol. The third kappa shape index (κ3) is 2.30. The van der Waals surface area contributed by atoms with Gasteiger partial charge in [-0.3, -0.25) is 0 Å². The minimum absolute atomic E-state index is 0.0466. The van der Waals surface area contributed by atoms with Gasteiger partial charge in [0, 0.05) is 10.5 Å². The Morgan fingerprint density at radius 2 is 2.00 bits per heavy atom. The first-order chi connectivity index (χ1) is 8.75. The van der Waals surface area contributed by atoms with Gasteiger partial charge in [-0.1, -0.05) is 0 Å². The van der Waals surface area contributed by atoms with Gasteiger partial charge < -0.3 is 9.47 Å². The van der Waals surface area contributed by atoms with Crippen LogP contribution in [-0.4, -0.2) is 27.9 Å². The van der Waals surface area contributed by atoms with Crippen LogP contribution in [0.5, 0.6) is 5.88 Å². The highest BCUT2D eigenvalue weighted by molar-refractivity contribution is 7.34. The zero-order valence-corrected chi connectivity index (χ0v) is 12.8. The fourth-order valence-electron chi connectivity index (χ4n) is 1.85. The van der Waals surface area contributed by atoms with Crippen LogP contribution in [0.2, 0.25) is 0 Å². The Hall–Kier alpha value is -1.63. The van der Waals surface area contributed by atoms with E-state index in [1.165, 1.54) is 7.11 Å². The lowest BCUT2D eigenvalue weighted by Gasteiger charge is -2.09. The van der Waals surface area contributed by atoms with E-state index in [4.69, 9.17) is 4.74 Å². The first-order valence-corrected chi connectivity index (χ1v) is 7.49. The predicted molar refractivity (Wildman–Crippen MR) is 72.9 cm³/mol. The quantitative estimate of drug-likeness (QED) is 0.595. The average Bonchev–Trinajstić information content (AvgIpc) is 2.78. The van der Waals surface area contributed by atoms with E-state index in [0.29, 0.717) is 11.6 Å². The third-order valence-corrected chi connectivity index (χ3v) is 4.78. The number of methoxy groups -OCH3 is 1. The maximum Gasteiger partial charge on any atom is 0.514 e. The molecule has 1 atom stereocenters. The van der Waals surface area contributed by atoms with Crippen LogP contribution in [0.25, 0.3) is 4.96 Å². The van der Waals surface area contributed by atoms with E-state index < -0.39 is 6.16 Å². The summed E-state index contributed by atoms with van der Waals surface area (Å²) in [5, 5.41) is 5.61. The molecule has 0 amide bonds. The van der Waals surface area contributed by atoms with Gasteiger partial charge in [-0.15, -0.1) is 9.61 Å². The highest BCUT2D eigenvalue weighted by Crippen LogP contribution is 2.37. The molecule has 0 aliphatic carbocycles. The number of carbonyl (C=O) groups excluding carboxylic acids is 1. The molecule has 7 heteroatoms. The van der Waals surface area contributed by atoms with E-state index in [0.717, 1.165) is 9.97 Å². The number of hydrogen-bond acceptors (Lipinski definition) is 5. The molecule has 1 unspecified atom stereocenters. The van der Waals surface area contributed by atoms with Gasteiger partial charge in [0.25, 0.3) is 10.9 Å².